The van der Waals surface area contributed by atoms with Crippen LogP contribution in [0, 0.1) is 0 Å². The maximum absolute atomic E-state index is 11.3. The van der Waals surface area contributed by atoms with Gasteiger partial charge in [0.1, 0.15) is 0 Å². The molecule has 0 N–H and O–H groups in total. The lowest BCUT2D eigenvalue weighted by Crippen LogP contribution is -2.05. The smallest absolute Gasteiger partial charge is 0.335 e. The second kappa shape index (κ2) is 6.53. The van der Waals surface area contributed by atoms with Crippen molar-refractivity contribution < 1.29 is 14.3 Å². The molecule has 0 radical (unpaired) electrons. The summed E-state index contributed by atoms with van der Waals surface area (Å²) < 4.78 is 10.3. The molecule has 17 heavy (non-hydrogen) atoms. The number of esters is 1. The summed E-state index contributed by atoms with van der Waals surface area (Å²) in [5, 5.41) is 0. The SMILES string of the molecule is C=CCc1ccc(OC(=O)C=CC)c(OC)c1. The number of hydrogen-bond acceptors (Lipinski definition) is 3. The van der Waals surface area contributed by atoms with E-state index in [1.165, 1.54) is 6.08 Å². The first-order valence-corrected chi connectivity index (χ1v) is 5.33. The van der Waals surface area contributed by atoms with Gasteiger partial charge in [-0.15, -0.1) is 6.58 Å². The summed E-state index contributed by atoms with van der Waals surface area (Å²) in [5.74, 6) is 0.549. The number of ether oxygens (including phenoxy) is 2. The Hall–Kier alpha value is -2.03. The fourth-order valence-corrected chi connectivity index (χ4v) is 1.37. The molecule has 0 aliphatic rings. The van der Waals surface area contributed by atoms with Gasteiger partial charge in [-0.1, -0.05) is 18.2 Å². The highest BCUT2D eigenvalue weighted by Crippen LogP contribution is 2.28. The highest BCUT2D eigenvalue weighted by atomic mass is 16.6. The second-order valence-electron chi connectivity index (χ2n) is 3.40. The summed E-state index contributed by atoms with van der Waals surface area (Å²) in [7, 11) is 1.54. The third-order valence-electron chi connectivity index (χ3n) is 2.12. The maximum Gasteiger partial charge on any atom is 0.335 e. The predicted octanol–water partition coefficient (Wildman–Crippen LogP) is 2.91. The van der Waals surface area contributed by atoms with Gasteiger partial charge in [-0.25, -0.2) is 4.79 Å². The summed E-state index contributed by atoms with van der Waals surface area (Å²) in [4.78, 5) is 11.3. The largest absolute Gasteiger partial charge is 0.493 e. The molecule has 1 aromatic rings. The number of benzene rings is 1. The minimum Gasteiger partial charge on any atom is -0.493 e. The van der Waals surface area contributed by atoms with Crippen molar-refractivity contribution in [3.8, 4) is 11.5 Å². The quantitative estimate of drug-likeness (QED) is 0.339. The molecule has 3 heteroatoms. The van der Waals surface area contributed by atoms with Crippen molar-refractivity contribution in [3.63, 3.8) is 0 Å². The fraction of sp³-hybridized carbons (Fsp3) is 0.214. The molecule has 1 aromatic carbocycles. The fourth-order valence-electron chi connectivity index (χ4n) is 1.37. The van der Waals surface area contributed by atoms with Crippen LogP contribution in [0.1, 0.15) is 12.5 Å². The molecule has 0 spiro atoms. The minimum absolute atomic E-state index is 0.415. The van der Waals surface area contributed by atoms with Crippen LogP contribution in [0.5, 0.6) is 11.5 Å². The van der Waals surface area contributed by atoms with E-state index in [1.54, 1.807) is 32.3 Å². The highest BCUT2D eigenvalue weighted by Gasteiger charge is 2.08. The summed E-state index contributed by atoms with van der Waals surface area (Å²) in [6, 6.07) is 5.43. The van der Waals surface area contributed by atoms with Crippen LogP contribution in [-0.2, 0) is 11.2 Å². The lowest BCUT2D eigenvalue weighted by Gasteiger charge is -2.09. The van der Waals surface area contributed by atoms with Gasteiger partial charge in [-0.3, -0.25) is 0 Å². The summed E-state index contributed by atoms with van der Waals surface area (Å²) in [6.45, 7) is 5.43. The van der Waals surface area contributed by atoms with Crippen LogP contribution in [0.4, 0.5) is 0 Å². The molecule has 0 heterocycles. The van der Waals surface area contributed by atoms with Crippen LogP contribution in [-0.4, -0.2) is 13.1 Å². The van der Waals surface area contributed by atoms with Crippen molar-refractivity contribution in [3.05, 3.63) is 48.6 Å². The molecule has 0 fully saturated rings. The van der Waals surface area contributed by atoms with Gasteiger partial charge >= 0.3 is 5.97 Å². The van der Waals surface area contributed by atoms with Crippen molar-refractivity contribution >= 4 is 5.97 Å². The van der Waals surface area contributed by atoms with Gasteiger partial charge in [-0.05, 0) is 31.0 Å². The van der Waals surface area contributed by atoms with E-state index >= 15 is 0 Å². The topological polar surface area (TPSA) is 35.5 Å². The van der Waals surface area contributed by atoms with Crippen molar-refractivity contribution in [2.24, 2.45) is 0 Å². The summed E-state index contributed by atoms with van der Waals surface area (Å²) >= 11 is 0. The van der Waals surface area contributed by atoms with E-state index in [2.05, 4.69) is 6.58 Å². The van der Waals surface area contributed by atoms with E-state index in [-0.39, 0.29) is 0 Å². The van der Waals surface area contributed by atoms with Crippen molar-refractivity contribution in [1.82, 2.24) is 0 Å². The molecule has 0 bridgehead atoms. The van der Waals surface area contributed by atoms with Gasteiger partial charge in [-0.2, -0.15) is 0 Å². The molecule has 3 nitrogen and oxygen atoms in total. The highest BCUT2D eigenvalue weighted by molar-refractivity contribution is 5.84. The number of hydrogen-bond donors (Lipinski definition) is 0. The standard InChI is InChI=1S/C14H16O3/c1-4-6-11-8-9-12(13(10-11)16-3)17-14(15)7-5-2/h4-5,7-10H,1,6H2,2-3H3. The minimum atomic E-state index is -0.415. The third-order valence-corrected chi connectivity index (χ3v) is 2.12. The Bertz CT molecular complexity index is 433. The van der Waals surface area contributed by atoms with Crippen LogP contribution in [0.2, 0.25) is 0 Å². The Morgan fingerprint density at radius 1 is 1.41 bits per heavy atom. The number of rotatable bonds is 5. The summed E-state index contributed by atoms with van der Waals surface area (Å²) in [6.07, 6.45) is 5.54. The Balaban J connectivity index is 2.92. The zero-order chi connectivity index (χ0) is 12.7. The van der Waals surface area contributed by atoms with Crippen LogP contribution in [0.3, 0.4) is 0 Å². The zero-order valence-corrected chi connectivity index (χ0v) is 10.1. The van der Waals surface area contributed by atoms with Crippen LogP contribution >= 0.6 is 0 Å². The van der Waals surface area contributed by atoms with Crippen LogP contribution < -0.4 is 9.47 Å². The normalized spacial score (nSPS) is 10.2. The Morgan fingerprint density at radius 3 is 2.76 bits per heavy atom. The van der Waals surface area contributed by atoms with Gasteiger partial charge in [0.2, 0.25) is 0 Å². The first kappa shape index (κ1) is 13.0. The summed E-state index contributed by atoms with van der Waals surface area (Å²) in [5.41, 5.74) is 1.06. The average molecular weight is 232 g/mol. The molecular weight excluding hydrogens is 216 g/mol. The lowest BCUT2D eigenvalue weighted by atomic mass is 10.1. The maximum atomic E-state index is 11.3. The Kier molecular flexibility index (Phi) is 5.01. The van der Waals surface area contributed by atoms with Crippen molar-refractivity contribution in [2.45, 2.75) is 13.3 Å². The number of carbonyl (C=O) groups is 1. The van der Waals surface area contributed by atoms with E-state index in [0.29, 0.717) is 11.5 Å². The van der Waals surface area contributed by atoms with Gasteiger partial charge in [0.15, 0.2) is 11.5 Å². The first-order valence-electron chi connectivity index (χ1n) is 5.33. The molecule has 0 saturated heterocycles. The molecule has 0 atom stereocenters. The molecule has 0 unspecified atom stereocenters. The number of carbonyl (C=O) groups excluding carboxylic acids is 1. The van der Waals surface area contributed by atoms with Gasteiger partial charge in [0.25, 0.3) is 0 Å². The van der Waals surface area contributed by atoms with Crippen molar-refractivity contribution in [1.29, 1.82) is 0 Å². The number of methoxy groups -OCH3 is 1. The van der Waals surface area contributed by atoms with E-state index in [1.807, 2.05) is 12.1 Å². The Morgan fingerprint density at radius 2 is 2.18 bits per heavy atom. The van der Waals surface area contributed by atoms with Crippen LogP contribution in [0.15, 0.2) is 43.0 Å². The number of allylic oxidation sites excluding steroid dienone is 2. The van der Waals surface area contributed by atoms with Gasteiger partial charge in [0.05, 0.1) is 7.11 Å². The van der Waals surface area contributed by atoms with E-state index < -0.39 is 5.97 Å². The predicted molar refractivity (Wildman–Crippen MR) is 67.3 cm³/mol. The lowest BCUT2D eigenvalue weighted by molar-refractivity contribution is -0.129. The average Bonchev–Trinajstić information content (AvgIpc) is 2.31. The van der Waals surface area contributed by atoms with Crippen LogP contribution in [0.25, 0.3) is 0 Å². The molecule has 0 aliphatic heterocycles. The van der Waals surface area contributed by atoms with Gasteiger partial charge < -0.3 is 9.47 Å². The molecule has 90 valence electrons. The zero-order valence-electron chi connectivity index (χ0n) is 10.1. The van der Waals surface area contributed by atoms with E-state index in [9.17, 15) is 4.79 Å². The molecular formula is C14H16O3. The molecule has 1 rings (SSSR count). The van der Waals surface area contributed by atoms with E-state index in [0.717, 1.165) is 12.0 Å². The Labute approximate surface area is 101 Å². The molecule has 0 aromatic heterocycles. The molecule has 0 aliphatic carbocycles. The van der Waals surface area contributed by atoms with E-state index in [4.69, 9.17) is 9.47 Å². The van der Waals surface area contributed by atoms with Crippen molar-refractivity contribution in [2.75, 3.05) is 7.11 Å². The monoisotopic (exact) mass is 232 g/mol. The van der Waals surface area contributed by atoms with Gasteiger partial charge in [0, 0.05) is 6.08 Å². The molecule has 0 saturated carbocycles. The second-order valence-corrected chi connectivity index (χ2v) is 3.40. The molecule has 0 amide bonds. The first-order chi connectivity index (χ1) is 8.21. The third kappa shape index (κ3) is 3.79.